The van der Waals surface area contributed by atoms with Gasteiger partial charge in [0.25, 0.3) is 0 Å². The standard InChI is InChI=1S/C11H13NO2/c1-7-4-9(10(13)6-12)5-8-2-3-14-11(7)8/h4-5H,2-3,6,12H2,1H3. The molecule has 0 saturated carbocycles. The van der Waals surface area contributed by atoms with E-state index in [1.807, 2.05) is 19.1 Å². The number of nitrogens with two attached hydrogens (primary N) is 1. The van der Waals surface area contributed by atoms with Crippen LogP contribution in [-0.4, -0.2) is 18.9 Å². The van der Waals surface area contributed by atoms with Gasteiger partial charge in [-0.15, -0.1) is 0 Å². The molecule has 3 nitrogen and oxygen atoms in total. The van der Waals surface area contributed by atoms with E-state index in [9.17, 15) is 4.79 Å². The second kappa shape index (κ2) is 3.42. The smallest absolute Gasteiger partial charge is 0.176 e. The number of carbonyl (C=O) groups excluding carboxylic acids is 1. The zero-order valence-electron chi connectivity index (χ0n) is 8.17. The van der Waals surface area contributed by atoms with E-state index >= 15 is 0 Å². The van der Waals surface area contributed by atoms with Crippen LogP contribution >= 0.6 is 0 Å². The summed E-state index contributed by atoms with van der Waals surface area (Å²) in [6, 6.07) is 3.74. The highest BCUT2D eigenvalue weighted by molar-refractivity contribution is 5.98. The van der Waals surface area contributed by atoms with Crippen molar-refractivity contribution in [2.24, 2.45) is 5.73 Å². The number of ether oxygens (including phenoxy) is 1. The van der Waals surface area contributed by atoms with E-state index in [4.69, 9.17) is 10.5 Å². The maximum absolute atomic E-state index is 11.4. The zero-order valence-corrected chi connectivity index (χ0v) is 8.17. The van der Waals surface area contributed by atoms with Gasteiger partial charge in [-0.1, -0.05) is 0 Å². The second-order valence-electron chi connectivity index (χ2n) is 3.51. The van der Waals surface area contributed by atoms with E-state index in [-0.39, 0.29) is 12.3 Å². The summed E-state index contributed by atoms with van der Waals surface area (Å²) in [4.78, 5) is 11.4. The van der Waals surface area contributed by atoms with Gasteiger partial charge in [-0.05, 0) is 30.2 Å². The summed E-state index contributed by atoms with van der Waals surface area (Å²) < 4.78 is 5.46. The molecule has 0 unspecified atom stereocenters. The Balaban J connectivity index is 2.46. The molecular formula is C11H13NO2. The van der Waals surface area contributed by atoms with Crippen LogP contribution in [0.5, 0.6) is 5.75 Å². The Kier molecular flexibility index (Phi) is 2.25. The summed E-state index contributed by atoms with van der Waals surface area (Å²) >= 11 is 0. The Bertz CT molecular complexity index is 385. The van der Waals surface area contributed by atoms with Crippen molar-refractivity contribution in [2.75, 3.05) is 13.2 Å². The van der Waals surface area contributed by atoms with Crippen LogP contribution in [0.15, 0.2) is 12.1 Å². The van der Waals surface area contributed by atoms with Crippen molar-refractivity contribution >= 4 is 5.78 Å². The monoisotopic (exact) mass is 191 g/mol. The van der Waals surface area contributed by atoms with Gasteiger partial charge in [0.05, 0.1) is 13.2 Å². The maximum Gasteiger partial charge on any atom is 0.176 e. The van der Waals surface area contributed by atoms with Crippen LogP contribution in [0.25, 0.3) is 0 Å². The van der Waals surface area contributed by atoms with E-state index in [0.717, 1.165) is 29.9 Å². The van der Waals surface area contributed by atoms with Gasteiger partial charge in [0.1, 0.15) is 5.75 Å². The Morgan fingerprint density at radius 1 is 1.57 bits per heavy atom. The summed E-state index contributed by atoms with van der Waals surface area (Å²) in [6.45, 7) is 2.74. The third-order valence-electron chi connectivity index (χ3n) is 2.48. The van der Waals surface area contributed by atoms with Crippen LogP contribution in [0, 0.1) is 6.92 Å². The number of carbonyl (C=O) groups is 1. The molecule has 1 aliphatic heterocycles. The van der Waals surface area contributed by atoms with Crippen LogP contribution in [0.4, 0.5) is 0 Å². The van der Waals surface area contributed by atoms with Gasteiger partial charge >= 0.3 is 0 Å². The topological polar surface area (TPSA) is 52.3 Å². The predicted molar refractivity (Wildman–Crippen MR) is 53.8 cm³/mol. The van der Waals surface area contributed by atoms with Gasteiger partial charge in [0.2, 0.25) is 0 Å². The molecular weight excluding hydrogens is 178 g/mol. The molecule has 1 aromatic carbocycles. The Hall–Kier alpha value is -1.35. The molecule has 0 amide bonds. The van der Waals surface area contributed by atoms with E-state index in [1.165, 1.54) is 0 Å². The number of hydrogen-bond donors (Lipinski definition) is 1. The van der Waals surface area contributed by atoms with Crippen molar-refractivity contribution in [1.82, 2.24) is 0 Å². The average Bonchev–Trinajstić information content (AvgIpc) is 2.64. The van der Waals surface area contributed by atoms with Crippen molar-refractivity contribution in [1.29, 1.82) is 0 Å². The molecule has 0 atom stereocenters. The largest absolute Gasteiger partial charge is 0.493 e. The number of aryl methyl sites for hydroxylation is 1. The number of fused-ring (bicyclic) bond motifs is 1. The molecule has 2 N–H and O–H groups in total. The van der Waals surface area contributed by atoms with Crippen LogP contribution < -0.4 is 10.5 Å². The normalized spacial score (nSPS) is 13.6. The lowest BCUT2D eigenvalue weighted by molar-refractivity contribution is 0.100. The SMILES string of the molecule is Cc1cc(C(=O)CN)cc2c1OCC2. The lowest BCUT2D eigenvalue weighted by Crippen LogP contribution is -2.13. The third kappa shape index (κ3) is 1.40. The molecule has 0 fully saturated rings. The highest BCUT2D eigenvalue weighted by Gasteiger charge is 2.17. The minimum atomic E-state index is -0.0113. The van der Waals surface area contributed by atoms with Crippen molar-refractivity contribution in [3.63, 3.8) is 0 Å². The zero-order chi connectivity index (χ0) is 10.1. The molecule has 0 aliphatic carbocycles. The highest BCUT2D eigenvalue weighted by atomic mass is 16.5. The summed E-state index contributed by atoms with van der Waals surface area (Å²) in [6.07, 6.45) is 0.891. The fourth-order valence-corrected chi connectivity index (χ4v) is 1.78. The Morgan fingerprint density at radius 3 is 3.07 bits per heavy atom. The fourth-order valence-electron chi connectivity index (χ4n) is 1.78. The molecule has 0 aromatic heterocycles. The molecule has 0 spiro atoms. The minimum Gasteiger partial charge on any atom is -0.493 e. The summed E-state index contributed by atoms with van der Waals surface area (Å²) in [5, 5.41) is 0. The first-order chi connectivity index (χ1) is 6.72. The number of benzene rings is 1. The second-order valence-corrected chi connectivity index (χ2v) is 3.51. The number of ketones is 1. The first kappa shape index (κ1) is 9.21. The Labute approximate surface area is 82.9 Å². The lowest BCUT2D eigenvalue weighted by atomic mass is 10.0. The van der Waals surface area contributed by atoms with Crippen LogP contribution in [0.2, 0.25) is 0 Å². The van der Waals surface area contributed by atoms with Crippen molar-refractivity contribution in [3.8, 4) is 5.75 Å². The molecule has 0 saturated heterocycles. The molecule has 3 heteroatoms. The minimum absolute atomic E-state index is 0.0113. The van der Waals surface area contributed by atoms with Gasteiger partial charge < -0.3 is 10.5 Å². The van der Waals surface area contributed by atoms with Crippen LogP contribution in [0.3, 0.4) is 0 Å². The van der Waals surface area contributed by atoms with Gasteiger partial charge in [0.15, 0.2) is 5.78 Å². The fraction of sp³-hybridized carbons (Fsp3) is 0.364. The van der Waals surface area contributed by atoms with Gasteiger partial charge in [-0.3, -0.25) is 4.79 Å². The van der Waals surface area contributed by atoms with E-state index in [2.05, 4.69) is 0 Å². The van der Waals surface area contributed by atoms with Crippen molar-refractivity contribution < 1.29 is 9.53 Å². The molecule has 14 heavy (non-hydrogen) atoms. The third-order valence-corrected chi connectivity index (χ3v) is 2.48. The molecule has 1 aromatic rings. The first-order valence-corrected chi connectivity index (χ1v) is 4.72. The quantitative estimate of drug-likeness (QED) is 0.711. The maximum atomic E-state index is 11.4. The number of rotatable bonds is 2. The van der Waals surface area contributed by atoms with Crippen LogP contribution in [0.1, 0.15) is 21.5 Å². The molecule has 1 aliphatic rings. The Morgan fingerprint density at radius 2 is 2.36 bits per heavy atom. The van der Waals surface area contributed by atoms with Gasteiger partial charge in [-0.2, -0.15) is 0 Å². The molecule has 1 heterocycles. The molecule has 0 bridgehead atoms. The lowest BCUT2D eigenvalue weighted by Gasteiger charge is -2.06. The first-order valence-electron chi connectivity index (χ1n) is 4.72. The molecule has 2 rings (SSSR count). The van der Waals surface area contributed by atoms with E-state index in [1.54, 1.807) is 0 Å². The van der Waals surface area contributed by atoms with Crippen LogP contribution in [-0.2, 0) is 6.42 Å². The van der Waals surface area contributed by atoms with Gasteiger partial charge in [0, 0.05) is 12.0 Å². The summed E-state index contributed by atoms with van der Waals surface area (Å²) in [5.74, 6) is 0.932. The average molecular weight is 191 g/mol. The van der Waals surface area contributed by atoms with Crippen molar-refractivity contribution in [2.45, 2.75) is 13.3 Å². The highest BCUT2D eigenvalue weighted by Crippen LogP contribution is 2.30. The van der Waals surface area contributed by atoms with Gasteiger partial charge in [-0.25, -0.2) is 0 Å². The molecule has 74 valence electrons. The molecule has 0 radical (unpaired) electrons. The van der Waals surface area contributed by atoms with E-state index in [0.29, 0.717) is 5.56 Å². The van der Waals surface area contributed by atoms with Crippen molar-refractivity contribution in [3.05, 3.63) is 28.8 Å². The van der Waals surface area contributed by atoms with E-state index < -0.39 is 0 Å². The summed E-state index contributed by atoms with van der Waals surface area (Å²) in [5.41, 5.74) is 8.17. The number of Topliss-reactive ketones (excluding diaryl/α,β-unsaturated/α-hetero) is 1. The number of hydrogen-bond acceptors (Lipinski definition) is 3. The predicted octanol–water partition coefficient (Wildman–Crippen LogP) is 1.07. The summed E-state index contributed by atoms with van der Waals surface area (Å²) in [7, 11) is 0.